The molecule has 1 atom stereocenters. The first-order valence-corrected chi connectivity index (χ1v) is 8.66. The van der Waals surface area contributed by atoms with Crippen molar-refractivity contribution in [1.82, 2.24) is 5.32 Å². The Hall–Kier alpha value is -2.09. The molecule has 1 saturated carbocycles. The number of aryl methyl sites for hydroxylation is 1. The molecular formula is C21H25NO. The molecule has 2 nitrogen and oxygen atoms in total. The fourth-order valence-corrected chi connectivity index (χ4v) is 3.39. The second-order valence-electron chi connectivity index (χ2n) is 6.60. The summed E-state index contributed by atoms with van der Waals surface area (Å²) in [7, 11) is 0. The molecule has 1 fully saturated rings. The van der Waals surface area contributed by atoms with Gasteiger partial charge in [0.25, 0.3) is 0 Å². The maximum Gasteiger partial charge on any atom is 0.223 e. The highest BCUT2D eigenvalue weighted by Gasteiger charge is 2.24. The van der Waals surface area contributed by atoms with Crippen molar-refractivity contribution in [2.24, 2.45) is 5.92 Å². The molecule has 0 unspecified atom stereocenters. The summed E-state index contributed by atoms with van der Waals surface area (Å²) in [6, 6.07) is 18.6. The third-order valence-electron chi connectivity index (χ3n) is 4.81. The molecule has 0 aliphatic heterocycles. The summed E-state index contributed by atoms with van der Waals surface area (Å²) in [5.41, 5.74) is 3.52. The zero-order valence-electron chi connectivity index (χ0n) is 13.8. The van der Waals surface area contributed by atoms with Gasteiger partial charge >= 0.3 is 0 Å². The van der Waals surface area contributed by atoms with Gasteiger partial charge in [-0.15, -0.1) is 0 Å². The number of rotatable bonds is 4. The van der Waals surface area contributed by atoms with Gasteiger partial charge in [0.15, 0.2) is 0 Å². The van der Waals surface area contributed by atoms with Crippen molar-refractivity contribution in [1.29, 1.82) is 0 Å². The Morgan fingerprint density at radius 2 is 1.52 bits per heavy atom. The molecule has 0 saturated heterocycles. The number of carbonyl (C=O) groups is 1. The Morgan fingerprint density at radius 3 is 2.17 bits per heavy atom. The first-order valence-electron chi connectivity index (χ1n) is 8.66. The first-order chi connectivity index (χ1) is 11.2. The first kappa shape index (κ1) is 15.8. The predicted molar refractivity (Wildman–Crippen MR) is 94.2 cm³/mol. The summed E-state index contributed by atoms with van der Waals surface area (Å²) in [4.78, 5) is 12.7. The minimum atomic E-state index is -0.0637. The number of carbonyl (C=O) groups excluding carboxylic acids is 1. The van der Waals surface area contributed by atoms with Gasteiger partial charge in [0.05, 0.1) is 6.04 Å². The van der Waals surface area contributed by atoms with Crippen molar-refractivity contribution < 1.29 is 4.79 Å². The number of hydrogen-bond acceptors (Lipinski definition) is 1. The quantitative estimate of drug-likeness (QED) is 0.865. The van der Waals surface area contributed by atoms with Gasteiger partial charge in [-0.05, 0) is 30.9 Å². The maximum atomic E-state index is 12.7. The van der Waals surface area contributed by atoms with E-state index in [1.165, 1.54) is 24.8 Å². The molecule has 0 bridgehead atoms. The van der Waals surface area contributed by atoms with Gasteiger partial charge in [-0.1, -0.05) is 79.4 Å². The van der Waals surface area contributed by atoms with Gasteiger partial charge in [-0.25, -0.2) is 0 Å². The van der Waals surface area contributed by atoms with Crippen LogP contribution < -0.4 is 5.32 Å². The molecule has 0 heterocycles. The van der Waals surface area contributed by atoms with E-state index in [4.69, 9.17) is 0 Å². The lowest BCUT2D eigenvalue weighted by Crippen LogP contribution is -2.35. The van der Waals surface area contributed by atoms with Crippen molar-refractivity contribution in [2.75, 3.05) is 0 Å². The molecular weight excluding hydrogens is 282 g/mol. The Bertz CT molecular complexity index is 627. The zero-order valence-corrected chi connectivity index (χ0v) is 13.8. The molecule has 2 aromatic rings. The second-order valence-corrected chi connectivity index (χ2v) is 6.60. The third-order valence-corrected chi connectivity index (χ3v) is 4.81. The molecule has 1 amide bonds. The van der Waals surface area contributed by atoms with E-state index in [-0.39, 0.29) is 17.9 Å². The van der Waals surface area contributed by atoms with Crippen LogP contribution in [-0.2, 0) is 4.79 Å². The largest absolute Gasteiger partial charge is 0.345 e. The summed E-state index contributed by atoms with van der Waals surface area (Å²) < 4.78 is 0. The van der Waals surface area contributed by atoms with Gasteiger partial charge in [-0.2, -0.15) is 0 Å². The lowest BCUT2D eigenvalue weighted by Gasteiger charge is -2.25. The summed E-state index contributed by atoms with van der Waals surface area (Å²) >= 11 is 0. The van der Waals surface area contributed by atoms with Crippen molar-refractivity contribution in [3.63, 3.8) is 0 Å². The topological polar surface area (TPSA) is 29.1 Å². The van der Waals surface area contributed by atoms with Gasteiger partial charge in [0, 0.05) is 5.92 Å². The van der Waals surface area contributed by atoms with Gasteiger partial charge in [0.1, 0.15) is 0 Å². The summed E-state index contributed by atoms with van der Waals surface area (Å²) in [6.07, 6.45) is 5.68. The molecule has 1 aliphatic carbocycles. The number of hydrogen-bond donors (Lipinski definition) is 1. The van der Waals surface area contributed by atoms with Crippen LogP contribution in [0.5, 0.6) is 0 Å². The Kier molecular flexibility index (Phi) is 5.12. The number of amides is 1. The van der Waals surface area contributed by atoms with Crippen LogP contribution in [0.25, 0.3) is 0 Å². The van der Waals surface area contributed by atoms with Crippen LogP contribution in [0.15, 0.2) is 54.6 Å². The molecule has 0 radical (unpaired) electrons. The Labute approximate surface area is 138 Å². The lowest BCUT2D eigenvalue weighted by molar-refractivity contribution is -0.126. The van der Waals surface area contributed by atoms with Crippen molar-refractivity contribution in [2.45, 2.75) is 45.1 Å². The average molecular weight is 307 g/mol. The third kappa shape index (κ3) is 4.01. The smallest absolute Gasteiger partial charge is 0.223 e. The second kappa shape index (κ2) is 7.45. The van der Waals surface area contributed by atoms with E-state index in [0.717, 1.165) is 24.0 Å². The van der Waals surface area contributed by atoms with Crippen molar-refractivity contribution in [3.05, 3.63) is 71.3 Å². The van der Waals surface area contributed by atoms with Crippen LogP contribution in [0.4, 0.5) is 0 Å². The monoisotopic (exact) mass is 307 g/mol. The van der Waals surface area contributed by atoms with E-state index in [1.54, 1.807) is 0 Å². The van der Waals surface area contributed by atoms with Crippen LogP contribution in [0.2, 0.25) is 0 Å². The fourth-order valence-electron chi connectivity index (χ4n) is 3.39. The van der Waals surface area contributed by atoms with E-state index in [1.807, 2.05) is 18.2 Å². The SMILES string of the molecule is Cc1ccc([C@@H](NC(=O)C2CCCCC2)c2ccccc2)cc1. The van der Waals surface area contributed by atoms with Crippen LogP contribution in [-0.4, -0.2) is 5.91 Å². The Balaban J connectivity index is 1.83. The van der Waals surface area contributed by atoms with Crippen LogP contribution in [0, 0.1) is 12.8 Å². The average Bonchev–Trinajstić information content (AvgIpc) is 2.62. The number of benzene rings is 2. The summed E-state index contributed by atoms with van der Waals surface area (Å²) in [6.45, 7) is 2.09. The predicted octanol–water partition coefficient (Wildman–Crippen LogP) is 4.78. The molecule has 23 heavy (non-hydrogen) atoms. The van der Waals surface area contributed by atoms with E-state index < -0.39 is 0 Å². The van der Waals surface area contributed by atoms with E-state index >= 15 is 0 Å². The highest BCUT2D eigenvalue weighted by Crippen LogP contribution is 2.27. The molecule has 0 spiro atoms. The summed E-state index contributed by atoms with van der Waals surface area (Å²) in [5.74, 6) is 0.388. The molecule has 3 rings (SSSR count). The van der Waals surface area contributed by atoms with Crippen LogP contribution >= 0.6 is 0 Å². The fraction of sp³-hybridized carbons (Fsp3) is 0.381. The molecule has 2 heteroatoms. The minimum absolute atomic E-state index is 0.0637. The standard InChI is InChI=1S/C21H25NO/c1-16-12-14-18(15-13-16)20(17-8-4-2-5-9-17)22-21(23)19-10-6-3-7-11-19/h2,4-5,8-9,12-15,19-20H,3,6-7,10-11H2,1H3,(H,22,23)/t20-/m0/s1. The van der Waals surface area contributed by atoms with Gasteiger partial charge in [-0.3, -0.25) is 4.79 Å². The molecule has 2 aromatic carbocycles. The normalized spacial score (nSPS) is 16.7. The molecule has 120 valence electrons. The van der Waals surface area contributed by atoms with Crippen LogP contribution in [0.1, 0.15) is 54.8 Å². The van der Waals surface area contributed by atoms with E-state index in [2.05, 4.69) is 48.6 Å². The van der Waals surface area contributed by atoms with E-state index in [0.29, 0.717) is 0 Å². The van der Waals surface area contributed by atoms with Crippen molar-refractivity contribution >= 4 is 5.91 Å². The highest BCUT2D eigenvalue weighted by molar-refractivity contribution is 5.79. The van der Waals surface area contributed by atoms with E-state index in [9.17, 15) is 4.79 Å². The molecule has 0 aromatic heterocycles. The summed E-state index contributed by atoms with van der Waals surface area (Å²) in [5, 5.41) is 3.30. The number of nitrogens with one attached hydrogen (secondary N) is 1. The molecule has 1 N–H and O–H groups in total. The lowest BCUT2D eigenvalue weighted by atomic mass is 9.88. The highest BCUT2D eigenvalue weighted by atomic mass is 16.1. The zero-order chi connectivity index (χ0) is 16.1. The van der Waals surface area contributed by atoms with Gasteiger partial charge < -0.3 is 5.32 Å². The Morgan fingerprint density at radius 1 is 0.913 bits per heavy atom. The van der Waals surface area contributed by atoms with Gasteiger partial charge in [0.2, 0.25) is 5.91 Å². The minimum Gasteiger partial charge on any atom is -0.345 e. The van der Waals surface area contributed by atoms with Crippen molar-refractivity contribution in [3.8, 4) is 0 Å². The maximum absolute atomic E-state index is 12.7. The molecule has 1 aliphatic rings. The van der Waals surface area contributed by atoms with Crippen LogP contribution in [0.3, 0.4) is 0 Å².